The summed E-state index contributed by atoms with van der Waals surface area (Å²) in [6.07, 6.45) is 1.09. The third-order valence-corrected chi connectivity index (χ3v) is 6.32. The number of sulfone groups is 1. The average molecular weight is 355 g/mol. The fourth-order valence-corrected chi connectivity index (χ4v) is 2.88. The summed E-state index contributed by atoms with van der Waals surface area (Å²) in [4.78, 5) is 12.6. The highest BCUT2D eigenvalue weighted by Gasteiger charge is 2.39. The van der Waals surface area contributed by atoms with E-state index in [9.17, 15) is 13.2 Å². The van der Waals surface area contributed by atoms with Crippen molar-refractivity contribution >= 4 is 42.3 Å². The SMILES string of the molecule is CC(C)(C(=O)c1ccc(Br)c2ccccc12)S(C)(=O)=O. The van der Waals surface area contributed by atoms with E-state index in [-0.39, 0.29) is 5.78 Å². The van der Waals surface area contributed by atoms with E-state index < -0.39 is 14.6 Å². The van der Waals surface area contributed by atoms with Crippen LogP contribution in [-0.2, 0) is 9.84 Å². The molecule has 0 radical (unpaired) electrons. The molecule has 0 fully saturated rings. The second-order valence-electron chi connectivity index (χ2n) is 5.25. The molecule has 0 aliphatic rings. The molecule has 0 aliphatic heterocycles. The van der Waals surface area contributed by atoms with E-state index in [1.807, 2.05) is 24.3 Å². The van der Waals surface area contributed by atoms with Crippen LogP contribution in [0.2, 0.25) is 0 Å². The molecule has 2 aromatic carbocycles. The molecule has 0 unspecified atom stereocenters. The van der Waals surface area contributed by atoms with Gasteiger partial charge in [-0.25, -0.2) is 8.42 Å². The van der Waals surface area contributed by atoms with Gasteiger partial charge in [-0.1, -0.05) is 40.2 Å². The van der Waals surface area contributed by atoms with E-state index in [0.29, 0.717) is 5.56 Å². The molecule has 2 aromatic rings. The van der Waals surface area contributed by atoms with Crippen molar-refractivity contribution in [1.82, 2.24) is 0 Å². The van der Waals surface area contributed by atoms with Crippen LogP contribution in [0, 0.1) is 0 Å². The highest BCUT2D eigenvalue weighted by atomic mass is 79.9. The van der Waals surface area contributed by atoms with Gasteiger partial charge in [-0.3, -0.25) is 4.79 Å². The number of ketones is 1. The standard InChI is InChI=1S/C15H15BrO3S/c1-15(2,20(3,18)19)14(17)12-8-9-13(16)11-7-5-4-6-10(11)12/h4-9H,1-3H3. The van der Waals surface area contributed by atoms with Gasteiger partial charge in [-0.15, -0.1) is 0 Å². The molecule has 3 nitrogen and oxygen atoms in total. The fourth-order valence-electron chi connectivity index (χ4n) is 1.95. The number of fused-ring (bicyclic) bond motifs is 1. The lowest BCUT2D eigenvalue weighted by Gasteiger charge is -2.22. The summed E-state index contributed by atoms with van der Waals surface area (Å²) in [6.45, 7) is 2.89. The van der Waals surface area contributed by atoms with Crippen molar-refractivity contribution in [2.75, 3.05) is 6.26 Å². The molecule has 0 spiro atoms. The van der Waals surface area contributed by atoms with Gasteiger partial charge in [-0.2, -0.15) is 0 Å². The summed E-state index contributed by atoms with van der Waals surface area (Å²) in [6, 6.07) is 10.9. The van der Waals surface area contributed by atoms with Crippen molar-refractivity contribution in [3.05, 3.63) is 46.4 Å². The molecule has 106 valence electrons. The molecule has 0 heterocycles. The van der Waals surface area contributed by atoms with Crippen LogP contribution in [0.4, 0.5) is 0 Å². The van der Waals surface area contributed by atoms with Crippen molar-refractivity contribution in [3.8, 4) is 0 Å². The molecule has 0 N–H and O–H groups in total. The summed E-state index contributed by atoms with van der Waals surface area (Å²) in [5.41, 5.74) is 0.430. The second kappa shape index (κ2) is 4.97. The highest BCUT2D eigenvalue weighted by Crippen LogP contribution is 2.30. The van der Waals surface area contributed by atoms with Crippen LogP contribution < -0.4 is 0 Å². The number of benzene rings is 2. The number of rotatable bonds is 3. The lowest BCUT2D eigenvalue weighted by atomic mass is 9.95. The van der Waals surface area contributed by atoms with Gasteiger partial charge in [0, 0.05) is 16.3 Å². The molecular weight excluding hydrogens is 340 g/mol. The van der Waals surface area contributed by atoms with Crippen molar-refractivity contribution in [2.45, 2.75) is 18.6 Å². The summed E-state index contributed by atoms with van der Waals surface area (Å²) in [7, 11) is -3.49. The number of hydrogen-bond donors (Lipinski definition) is 0. The number of hydrogen-bond acceptors (Lipinski definition) is 3. The van der Waals surface area contributed by atoms with Gasteiger partial charge in [0.05, 0.1) is 0 Å². The molecule has 0 saturated heterocycles. The minimum Gasteiger partial charge on any atom is -0.292 e. The Bertz CT molecular complexity index is 792. The normalized spacial score (nSPS) is 12.6. The minimum absolute atomic E-state index is 0.385. The lowest BCUT2D eigenvalue weighted by Crippen LogP contribution is -2.40. The van der Waals surface area contributed by atoms with E-state index >= 15 is 0 Å². The van der Waals surface area contributed by atoms with Crippen LogP contribution in [0.3, 0.4) is 0 Å². The summed E-state index contributed by atoms with van der Waals surface area (Å²) in [5, 5.41) is 1.64. The van der Waals surface area contributed by atoms with E-state index in [0.717, 1.165) is 21.5 Å². The molecule has 0 amide bonds. The van der Waals surface area contributed by atoms with Gasteiger partial charge in [0.1, 0.15) is 4.75 Å². The first-order chi connectivity index (χ1) is 9.16. The van der Waals surface area contributed by atoms with Crippen LogP contribution >= 0.6 is 15.9 Å². The number of halogens is 1. The predicted molar refractivity (Wildman–Crippen MR) is 84.9 cm³/mol. The third kappa shape index (κ3) is 2.40. The first-order valence-corrected chi connectivity index (χ1v) is 8.76. The topological polar surface area (TPSA) is 51.2 Å². The quantitative estimate of drug-likeness (QED) is 0.791. The summed E-state index contributed by atoms with van der Waals surface area (Å²) in [5.74, 6) is -0.385. The maximum absolute atomic E-state index is 12.6. The van der Waals surface area contributed by atoms with Crippen LogP contribution in [-0.4, -0.2) is 25.2 Å². The summed E-state index contributed by atoms with van der Waals surface area (Å²) < 4.78 is 23.1. The van der Waals surface area contributed by atoms with Crippen LogP contribution in [0.1, 0.15) is 24.2 Å². The van der Waals surface area contributed by atoms with Gasteiger partial charge < -0.3 is 0 Å². The van der Waals surface area contributed by atoms with Crippen molar-refractivity contribution in [3.63, 3.8) is 0 Å². The Morgan fingerprint density at radius 2 is 1.60 bits per heavy atom. The third-order valence-electron chi connectivity index (χ3n) is 3.59. The molecule has 0 aliphatic carbocycles. The number of carbonyl (C=O) groups is 1. The van der Waals surface area contributed by atoms with Crippen LogP contribution in [0.5, 0.6) is 0 Å². The zero-order valence-electron chi connectivity index (χ0n) is 11.5. The van der Waals surface area contributed by atoms with Crippen LogP contribution in [0.15, 0.2) is 40.9 Å². The Hall–Kier alpha value is -1.20. The number of Topliss-reactive ketones (excluding diaryl/α,β-unsaturated/α-hetero) is 1. The molecule has 20 heavy (non-hydrogen) atoms. The molecule has 0 bridgehead atoms. The Labute approximate surface area is 127 Å². The summed E-state index contributed by atoms with van der Waals surface area (Å²) >= 11 is 3.44. The average Bonchev–Trinajstić information content (AvgIpc) is 2.37. The molecule has 5 heteroatoms. The van der Waals surface area contributed by atoms with Crippen molar-refractivity contribution in [2.24, 2.45) is 0 Å². The first kappa shape index (κ1) is 15.2. The zero-order valence-corrected chi connectivity index (χ0v) is 13.9. The highest BCUT2D eigenvalue weighted by molar-refractivity contribution is 9.10. The van der Waals surface area contributed by atoms with Crippen molar-refractivity contribution < 1.29 is 13.2 Å². The van der Waals surface area contributed by atoms with E-state index in [2.05, 4.69) is 15.9 Å². The minimum atomic E-state index is -3.49. The van der Waals surface area contributed by atoms with E-state index in [1.54, 1.807) is 12.1 Å². The Morgan fingerprint density at radius 3 is 2.15 bits per heavy atom. The van der Waals surface area contributed by atoms with Gasteiger partial charge in [-0.05, 0) is 36.8 Å². The van der Waals surface area contributed by atoms with E-state index in [1.165, 1.54) is 13.8 Å². The second-order valence-corrected chi connectivity index (χ2v) is 8.67. The van der Waals surface area contributed by atoms with Crippen molar-refractivity contribution in [1.29, 1.82) is 0 Å². The molecule has 0 atom stereocenters. The molecular formula is C15H15BrO3S. The Kier molecular flexibility index (Phi) is 3.77. The zero-order chi connectivity index (χ0) is 15.1. The maximum Gasteiger partial charge on any atom is 0.184 e. The predicted octanol–water partition coefficient (Wildman–Crippen LogP) is 3.61. The largest absolute Gasteiger partial charge is 0.292 e. The molecule has 0 aromatic heterocycles. The number of carbonyl (C=O) groups excluding carboxylic acids is 1. The van der Waals surface area contributed by atoms with Gasteiger partial charge >= 0.3 is 0 Å². The first-order valence-electron chi connectivity index (χ1n) is 6.08. The van der Waals surface area contributed by atoms with Gasteiger partial charge in [0.15, 0.2) is 15.6 Å². The monoisotopic (exact) mass is 354 g/mol. The Balaban J connectivity index is 2.72. The molecule has 0 saturated carbocycles. The van der Waals surface area contributed by atoms with Gasteiger partial charge in [0.2, 0.25) is 0 Å². The van der Waals surface area contributed by atoms with Crippen LogP contribution in [0.25, 0.3) is 10.8 Å². The van der Waals surface area contributed by atoms with Gasteiger partial charge in [0.25, 0.3) is 0 Å². The smallest absolute Gasteiger partial charge is 0.184 e. The Morgan fingerprint density at radius 1 is 1.05 bits per heavy atom. The molecule has 2 rings (SSSR count). The maximum atomic E-state index is 12.6. The lowest BCUT2D eigenvalue weighted by molar-refractivity contribution is 0.0955. The van der Waals surface area contributed by atoms with E-state index in [4.69, 9.17) is 0 Å². The fraction of sp³-hybridized carbons (Fsp3) is 0.267.